The molecule has 0 unspecified atom stereocenters. The van der Waals surface area contributed by atoms with Gasteiger partial charge in [-0.3, -0.25) is 4.79 Å². The van der Waals surface area contributed by atoms with Gasteiger partial charge in [0.05, 0.1) is 13.2 Å². The van der Waals surface area contributed by atoms with Crippen molar-refractivity contribution in [2.45, 2.75) is 25.7 Å². The monoisotopic (exact) mass is 200 g/mol. The molecule has 2 N–H and O–H groups in total. The normalized spacial score (nSPS) is 17.1. The number of amides is 1. The number of hydrogen-bond acceptors (Lipinski definition) is 3. The topological polar surface area (TPSA) is 55.6 Å². The molecule has 14 heavy (non-hydrogen) atoms. The summed E-state index contributed by atoms with van der Waals surface area (Å²) in [6, 6.07) is 0. The number of rotatable bonds is 5. The molecule has 0 atom stereocenters. The van der Waals surface area contributed by atoms with Gasteiger partial charge in [-0.05, 0) is 19.4 Å². The Morgan fingerprint density at radius 3 is 2.57 bits per heavy atom. The second-order valence-electron chi connectivity index (χ2n) is 3.59. The standard InChI is InChI=1S/C10H20N2O2/c11-5-3-1-2-4-10(13)12-6-8-14-9-7-12/h1-9,11H2. The summed E-state index contributed by atoms with van der Waals surface area (Å²) in [5.74, 6) is 0.269. The highest BCUT2D eigenvalue weighted by molar-refractivity contribution is 5.76. The van der Waals surface area contributed by atoms with E-state index in [1.807, 2.05) is 4.90 Å². The lowest BCUT2D eigenvalue weighted by molar-refractivity contribution is -0.135. The molecule has 4 nitrogen and oxygen atoms in total. The maximum Gasteiger partial charge on any atom is 0.222 e. The van der Waals surface area contributed by atoms with Gasteiger partial charge in [-0.25, -0.2) is 0 Å². The summed E-state index contributed by atoms with van der Waals surface area (Å²) in [7, 11) is 0. The molecule has 1 aliphatic rings. The van der Waals surface area contributed by atoms with Crippen molar-refractivity contribution in [2.24, 2.45) is 5.73 Å². The summed E-state index contributed by atoms with van der Waals surface area (Å²) in [6.45, 7) is 3.63. The Morgan fingerprint density at radius 1 is 1.21 bits per heavy atom. The molecule has 0 spiro atoms. The zero-order valence-corrected chi connectivity index (χ0v) is 8.71. The third-order valence-corrected chi connectivity index (χ3v) is 2.46. The first kappa shape index (κ1) is 11.5. The van der Waals surface area contributed by atoms with E-state index >= 15 is 0 Å². The summed E-state index contributed by atoms with van der Waals surface area (Å²) in [4.78, 5) is 13.5. The fourth-order valence-corrected chi connectivity index (χ4v) is 1.57. The van der Waals surface area contributed by atoms with E-state index in [-0.39, 0.29) is 5.91 Å². The predicted molar refractivity (Wildman–Crippen MR) is 54.9 cm³/mol. The molecule has 1 aliphatic heterocycles. The van der Waals surface area contributed by atoms with Gasteiger partial charge in [0.25, 0.3) is 0 Å². The lowest BCUT2D eigenvalue weighted by Gasteiger charge is -2.26. The van der Waals surface area contributed by atoms with Gasteiger partial charge in [-0.15, -0.1) is 0 Å². The summed E-state index contributed by atoms with van der Waals surface area (Å²) in [5, 5.41) is 0. The summed E-state index contributed by atoms with van der Waals surface area (Å²) < 4.78 is 5.18. The average Bonchev–Trinajstić information content (AvgIpc) is 2.25. The minimum Gasteiger partial charge on any atom is -0.378 e. The van der Waals surface area contributed by atoms with Crippen LogP contribution in [0.1, 0.15) is 25.7 Å². The lowest BCUT2D eigenvalue weighted by Crippen LogP contribution is -2.40. The molecular weight excluding hydrogens is 180 g/mol. The minimum absolute atomic E-state index is 0.269. The van der Waals surface area contributed by atoms with Crippen LogP contribution < -0.4 is 5.73 Å². The Morgan fingerprint density at radius 2 is 1.93 bits per heavy atom. The number of ether oxygens (including phenoxy) is 1. The molecule has 0 aromatic carbocycles. The van der Waals surface area contributed by atoms with Gasteiger partial charge in [0, 0.05) is 19.5 Å². The van der Waals surface area contributed by atoms with E-state index in [0.29, 0.717) is 19.6 Å². The summed E-state index contributed by atoms with van der Waals surface area (Å²) in [6.07, 6.45) is 3.72. The second kappa shape index (κ2) is 6.79. The zero-order chi connectivity index (χ0) is 10.2. The third kappa shape index (κ3) is 4.07. The first-order valence-corrected chi connectivity index (χ1v) is 5.40. The van der Waals surface area contributed by atoms with Crippen LogP contribution >= 0.6 is 0 Å². The number of hydrogen-bond donors (Lipinski definition) is 1. The van der Waals surface area contributed by atoms with Crippen molar-refractivity contribution in [2.75, 3.05) is 32.8 Å². The van der Waals surface area contributed by atoms with Crippen LogP contribution in [0.25, 0.3) is 0 Å². The van der Waals surface area contributed by atoms with Gasteiger partial charge in [-0.2, -0.15) is 0 Å². The smallest absolute Gasteiger partial charge is 0.222 e. The van der Waals surface area contributed by atoms with Crippen LogP contribution in [0.4, 0.5) is 0 Å². The SMILES string of the molecule is NCCCCCC(=O)N1CCOCC1. The molecule has 1 saturated heterocycles. The molecule has 1 rings (SSSR count). The molecule has 0 saturated carbocycles. The van der Waals surface area contributed by atoms with Crippen LogP contribution in [0.2, 0.25) is 0 Å². The minimum atomic E-state index is 0.269. The van der Waals surface area contributed by atoms with Crippen LogP contribution in [-0.2, 0) is 9.53 Å². The van der Waals surface area contributed by atoms with E-state index in [9.17, 15) is 4.79 Å². The molecule has 0 aromatic rings. The van der Waals surface area contributed by atoms with E-state index in [1.54, 1.807) is 0 Å². The Bertz CT molecular complexity index is 168. The quantitative estimate of drug-likeness (QED) is 0.652. The predicted octanol–water partition coefficient (Wildman–Crippen LogP) is 0.364. The van der Waals surface area contributed by atoms with Crippen molar-refractivity contribution in [1.29, 1.82) is 0 Å². The highest BCUT2D eigenvalue weighted by Gasteiger charge is 2.15. The zero-order valence-electron chi connectivity index (χ0n) is 8.71. The van der Waals surface area contributed by atoms with Gasteiger partial charge >= 0.3 is 0 Å². The molecule has 82 valence electrons. The van der Waals surface area contributed by atoms with Crippen LogP contribution in [-0.4, -0.2) is 43.7 Å². The third-order valence-electron chi connectivity index (χ3n) is 2.46. The molecule has 0 aromatic heterocycles. The van der Waals surface area contributed by atoms with E-state index < -0.39 is 0 Å². The molecule has 0 radical (unpaired) electrons. The van der Waals surface area contributed by atoms with E-state index in [4.69, 9.17) is 10.5 Å². The maximum atomic E-state index is 11.6. The number of carbonyl (C=O) groups excluding carboxylic acids is 1. The van der Waals surface area contributed by atoms with Crippen molar-refractivity contribution in [1.82, 2.24) is 4.90 Å². The van der Waals surface area contributed by atoms with Crippen molar-refractivity contribution < 1.29 is 9.53 Å². The molecule has 0 bridgehead atoms. The molecule has 4 heteroatoms. The van der Waals surface area contributed by atoms with Gasteiger partial charge in [-0.1, -0.05) is 6.42 Å². The van der Waals surface area contributed by atoms with E-state index in [0.717, 1.165) is 38.9 Å². The van der Waals surface area contributed by atoms with Crippen LogP contribution in [0.3, 0.4) is 0 Å². The van der Waals surface area contributed by atoms with Crippen molar-refractivity contribution >= 4 is 5.91 Å². The highest BCUT2D eigenvalue weighted by Crippen LogP contribution is 2.05. The van der Waals surface area contributed by atoms with E-state index in [1.165, 1.54) is 0 Å². The fourth-order valence-electron chi connectivity index (χ4n) is 1.57. The molecule has 1 amide bonds. The van der Waals surface area contributed by atoms with Crippen molar-refractivity contribution in [3.05, 3.63) is 0 Å². The largest absolute Gasteiger partial charge is 0.378 e. The fraction of sp³-hybridized carbons (Fsp3) is 0.900. The number of nitrogens with zero attached hydrogens (tertiary/aromatic N) is 1. The van der Waals surface area contributed by atoms with Crippen molar-refractivity contribution in [3.63, 3.8) is 0 Å². The Kier molecular flexibility index (Phi) is 5.56. The highest BCUT2D eigenvalue weighted by atomic mass is 16.5. The van der Waals surface area contributed by atoms with Crippen molar-refractivity contribution in [3.8, 4) is 0 Å². The van der Waals surface area contributed by atoms with Gasteiger partial charge in [0.1, 0.15) is 0 Å². The first-order chi connectivity index (χ1) is 6.84. The Labute approximate surface area is 85.4 Å². The molecule has 1 heterocycles. The number of morpholine rings is 1. The number of unbranched alkanes of at least 4 members (excludes halogenated alkanes) is 2. The second-order valence-corrected chi connectivity index (χ2v) is 3.59. The van der Waals surface area contributed by atoms with E-state index in [2.05, 4.69) is 0 Å². The molecular formula is C10H20N2O2. The summed E-state index contributed by atoms with van der Waals surface area (Å²) >= 11 is 0. The van der Waals surface area contributed by atoms with Crippen LogP contribution in [0.5, 0.6) is 0 Å². The van der Waals surface area contributed by atoms with Crippen LogP contribution in [0.15, 0.2) is 0 Å². The lowest BCUT2D eigenvalue weighted by atomic mass is 10.2. The van der Waals surface area contributed by atoms with Gasteiger partial charge in [0.15, 0.2) is 0 Å². The van der Waals surface area contributed by atoms with Crippen LogP contribution in [0, 0.1) is 0 Å². The van der Waals surface area contributed by atoms with Gasteiger partial charge in [0.2, 0.25) is 5.91 Å². The Hall–Kier alpha value is -0.610. The first-order valence-electron chi connectivity index (χ1n) is 5.40. The van der Waals surface area contributed by atoms with Gasteiger partial charge < -0.3 is 15.4 Å². The molecule has 0 aliphatic carbocycles. The molecule has 1 fully saturated rings. The number of carbonyl (C=O) groups is 1. The summed E-state index contributed by atoms with van der Waals surface area (Å²) in [5.41, 5.74) is 5.38. The number of nitrogens with two attached hydrogens (primary N) is 1. The Balaban J connectivity index is 2.07. The maximum absolute atomic E-state index is 11.6. The average molecular weight is 200 g/mol.